The number of hydrogen-bond acceptors (Lipinski definition) is 5. The van der Waals surface area contributed by atoms with Crippen LogP contribution in [0.1, 0.15) is 5.56 Å². The highest BCUT2D eigenvalue weighted by Crippen LogP contribution is 2.15. The average molecular weight is 228 g/mol. The fraction of sp³-hybridized carbons (Fsp3) is 0.273. The molecule has 0 aliphatic carbocycles. The molecule has 2 aromatic rings. The second-order valence-corrected chi connectivity index (χ2v) is 3.99. The summed E-state index contributed by atoms with van der Waals surface area (Å²) in [6.07, 6.45) is 2.75. The van der Waals surface area contributed by atoms with Crippen LogP contribution in [0.25, 0.3) is 11.4 Å². The van der Waals surface area contributed by atoms with Crippen molar-refractivity contribution in [2.24, 2.45) is 4.99 Å². The van der Waals surface area contributed by atoms with Crippen LogP contribution in [0.5, 0.6) is 0 Å². The smallest absolute Gasteiger partial charge is 0.204 e. The molecule has 1 atom stereocenters. The van der Waals surface area contributed by atoms with Crippen LogP contribution >= 0.6 is 0 Å². The van der Waals surface area contributed by atoms with Crippen LogP contribution < -0.4 is 5.32 Å². The highest BCUT2D eigenvalue weighted by Gasteiger charge is 2.11. The zero-order valence-corrected chi connectivity index (χ0v) is 9.17. The van der Waals surface area contributed by atoms with Crippen LogP contribution in [0, 0.1) is 0 Å². The van der Waals surface area contributed by atoms with E-state index in [-0.39, 0.29) is 0 Å². The molecule has 2 N–H and O–H groups in total. The molecule has 1 unspecified atom stereocenters. The van der Waals surface area contributed by atoms with Crippen molar-refractivity contribution in [3.8, 4) is 11.4 Å². The second kappa shape index (κ2) is 4.32. The van der Waals surface area contributed by atoms with Gasteiger partial charge < -0.3 is 5.32 Å². The van der Waals surface area contributed by atoms with Crippen LogP contribution in [0.4, 0.5) is 0 Å². The third-order valence-electron chi connectivity index (χ3n) is 2.77. The summed E-state index contributed by atoms with van der Waals surface area (Å²) in [4.78, 5) is 4.15. The van der Waals surface area contributed by atoms with E-state index >= 15 is 0 Å². The number of aromatic nitrogens is 4. The number of benzene rings is 1. The Morgan fingerprint density at radius 2 is 2.12 bits per heavy atom. The molecule has 3 rings (SSSR count). The van der Waals surface area contributed by atoms with E-state index in [0.717, 1.165) is 18.5 Å². The minimum Gasteiger partial charge on any atom is -0.372 e. The monoisotopic (exact) mass is 228 g/mol. The Morgan fingerprint density at radius 1 is 1.24 bits per heavy atom. The Hall–Kier alpha value is -2.24. The van der Waals surface area contributed by atoms with E-state index in [4.69, 9.17) is 0 Å². The van der Waals surface area contributed by atoms with Crippen molar-refractivity contribution in [2.75, 3.05) is 6.54 Å². The van der Waals surface area contributed by atoms with Crippen LogP contribution in [0.2, 0.25) is 0 Å². The summed E-state index contributed by atoms with van der Waals surface area (Å²) in [5, 5.41) is 17.1. The highest BCUT2D eigenvalue weighted by molar-refractivity contribution is 5.57. The minimum absolute atomic E-state index is 0.422. The number of nitrogens with one attached hydrogen (secondary N) is 2. The predicted molar refractivity (Wildman–Crippen MR) is 63.6 cm³/mol. The van der Waals surface area contributed by atoms with Crippen molar-refractivity contribution in [1.82, 2.24) is 25.9 Å². The van der Waals surface area contributed by atoms with Gasteiger partial charge in [-0.1, -0.05) is 24.3 Å². The molecule has 86 valence electrons. The van der Waals surface area contributed by atoms with E-state index in [1.807, 2.05) is 12.1 Å². The number of H-pyrrole nitrogens is 1. The Labute approximate surface area is 98.2 Å². The molecule has 6 heteroatoms. The molecule has 1 aromatic carbocycles. The third-order valence-corrected chi connectivity index (χ3v) is 2.77. The molecule has 0 saturated carbocycles. The van der Waals surface area contributed by atoms with E-state index < -0.39 is 0 Å². The molecule has 1 aliphatic rings. The van der Waals surface area contributed by atoms with Gasteiger partial charge in [0.1, 0.15) is 0 Å². The molecule has 17 heavy (non-hydrogen) atoms. The summed E-state index contributed by atoms with van der Waals surface area (Å²) in [5.74, 6) is 0.624. The summed E-state index contributed by atoms with van der Waals surface area (Å²) in [6, 6.07) is 8.62. The molecule has 2 heterocycles. The zero-order valence-electron chi connectivity index (χ0n) is 9.17. The molecule has 0 radical (unpaired) electrons. The first-order chi connectivity index (χ1) is 8.42. The van der Waals surface area contributed by atoms with Gasteiger partial charge in [-0.2, -0.15) is 5.21 Å². The molecule has 1 aliphatic heterocycles. The third kappa shape index (κ3) is 2.15. The van der Waals surface area contributed by atoms with Gasteiger partial charge in [0.05, 0.1) is 18.9 Å². The van der Waals surface area contributed by atoms with Gasteiger partial charge in [-0.25, -0.2) is 0 Å². The van der Waals surface area contributed by atoms with Gasteiger partial charge in [0.25, 0.3) is 0 Å². The highest BCUT2D eigenvalue weighted by atomic mass is 15.5. The van der Waals surface area contributed by atoms with Crippen molar-refractivity contribution in [1.29, 1.82) is 0 Å². The number of aromatic amines is 1. The van der Waals surface area contributed by atoms with Crippen molar-refractivity contribution in [3.05, 3.63) is 29.8 Å². The lowest BCUT2D eigenvalue weighted by Crippen LogP contribution is -2.26. The summed E-state index contributed by atoms with van der Waals surface area (Å²) in [5.41, 5.74) is 2.25. The van der Waals surface area contributed by atoms with Crippen LogP contribution in [0.3, 0.4) is 0 Å². The van der Waals surface area contributed by atoms with Crippen molar-refractivity contribution >= 4 is 6.34 Å². The molecule has 0 amide bonds. The summed E-state index contributed by atoms with van der Waals surface area (Å²) in [6.45, 7) is 0.854. The van der Waals surface area contributed by atoms with Gasteiger partial charge in [0.15, 0.2) is 0 Å². The van der Waals surface area contributed by atoms with E-state index in [1.54, 1.807) is 6.34 Å². The molecule has 0 saturated heterocycles. The SMILES string of the molecule is C1=NCC(Cc2ccc(-c3nn[nH]n3)cc2)N1. The fourth-order valence-electron chi connectivity index (χ4n) is 1.87. The van der Waals surface area contributed by atoms with E-state index in [1.165, 1.54) is 5.56 Å². The zero-order chi connectivity index (χ0) is 11.5. The minimum atomic E-state index is 0.422. The van der Waals surface area contributed by atoms with Gasteiger partial charge in [0.2, 0.25) is 5.82 Å². The quantitative estimate of drug-likeness (QED) is 0.797. The maximum Gasteiger partial charge on any atom is 0.204 e. The van der Waals surface area contributed by atoms with Crippen molar-refractivity contribution < 1.29 is 0 Å². The van der Waals surface area contributed by atoms with Gasteiger partial charge in [-0.05, 0) is 17.2 Å². The van der Waals surface area contributed by atoms with Gasteiger partial charge in [-0.15, -0.1) is 10.2 Å². The summed E-state index contributed by atoms with van der Waals surface area (Å²) >= 11 is 0. The Kier molecular flexibility index (Phi) is 2.53. The first-order valence-corrected chi connectivity index (χ1v) is 5.49. The van der Waals surface area contributed by atoms with Crippen LogP contribution in [-0.2, 0) is 6.42 Å². The van der Waals surface area contributed by atoms with Crippen LogP contribution in [-0.4, -0.2) is 39.5 Å². The maximum absolute atomic E-state index is 4.15. The fourth-order valence-corrected chi connectivity index (χ4v) is 1.87. The van der Waals surface area contributed by atoms with Crippen LogP contribution in [0.15, 0.2) is 29.3 Å². The Balaban J connectivity index is 1.71. The van der Waals surface area contributed by atoms with E-state index in [9.17, 15) is 0 Å². The standard InChI is InChI=1S/C11H12N6/c1-3-9(11-14-16-17-15-11)4-2-8(1)5-10-6-12-7-13-10/h1-4,7,10H,5-6H2,(H,12,13)(H,14,15,16,17). The second-order valence-electron chi connectivity index (χ2n) is 3.99. The molecule has 1 aromatic heterocycles. The summed E-state index contributed by atoms with van der Waals surface area (Å²) < 4.78 is 0. The first-order valence-electron chi connectivity index (χ1n) is 5.49. The normalized spacial score (nSPS) is 18.2. The molecule has 6 nitrogen and oxygen atoms in total. The first kappa shape index (κ1) is 9.95. The number of nitrogens with zero attached hydrogens (tertiary/aromatic N) is 4. The van der Waals surface area contributed by atoms with Gasteiger partial charge in [0, 0.05) is 5.56 Å². The Bertz CT molecular complexity index is 493. The van der Waals surface area contributed by atoms with Gasteiger partial charge >= 0.3 is 0 Å². The average Bonchev–Trinajstić information content (AvgIpc) is 3.01. The topological polar surface area (TPSA) is 78.8 Å². The lowest BCUT2D eigenvalue weighted by Gasteiger charge is -2.09. The molecular weight excluding hydrogens is 216 g/mol. The Morgan fingerprint density at radius 3 is 2.76 bits per heavy atom. The molecule has 0 fully saturated rings. The number of hydrogen-bond donors (Lipinski definition) is 2. The number of tetrazole rings is 1. The lowest BCUT2D eigenvalue weighted by atomic mass is 10.0. The molecule has 0 spiro atoms. The van der Waals surface area contributed by atoms with Crippen molar-refractivity contribution in [3.63, 3.8) is 0 Å². The largest absolute Gasteiger partial charge is 0.372 e. The predicted octanol–water partition coefficient (Wildman–Crippen LogP) is 0.409. The molecular formula is C11H12N6. The maximum atomic E-state index is 4.15. The van der Waals surface area contributed by atoms with Crippen molar-refractivity contribution in [2.45, 2.75) is 12.5 Å². The van der Waals surface area contributed by atoms with E-state index in [0.29, 0.717) is 11.9 Å². The number of aliphatic imine (C=N–C) groups is 1. The lowest BCUT2D eigenvalue weighted by molar-refractivity contribution is 0.657. The summed E-state index contributed by atoms with van der Waals surface area (Å²) in [7, 11) is 0. The van der Waals surface area contributed by atoms with Gasteiger partial charge in [-0.3, -0.25) is 4.99 Å². The molecule has 0 bridgehead atoms. The number of rotatable bonds is 3. The van der Waals surface area contributed by atoms with E-state index in [2.05, 4.69) is 43.1 Å².